The van der Waals surface area contributed by atoms with Gasteiger partial charge in [-0.1, -0.05) is 43.3 Å². The lowest BCUT2D eigenvalue weighted by Gasteiger charge is -2.21. The Morgan fingerprint density at radius 3 is 2.43 bits per heavy atom. The molecule has 0 aliphatic carbocycles. The zero-order chi connectivity index (χ0) is 16.8. The quantitative estimate of drug-likeness (QED) is 0.852. The third-order valence-electron chi connectivity index (χ3n) is 3.61. The Morgan fingerprint density at radius 2 is 1.78 bits per heavy atom. The minimum atomic E-state index is -2.90. The molecular weight excluding hydrogens is 300 g/mol. The van der Waals surface area contributed by atoms with Crippen LogP contribution in [0, 0.1) is 6.92 Å². The van der Waals surface area contributed by atoms with Gasteiger partial charge < -0.3 is 10.1 Å². The lowest BCUT2D eigenvalue weighted by Crippen LogP contribution is -2.29. The summed E-state index contributed by atoms with van der Waals surface area (Å²) in [6.45, 7) is 0.826. The number of ether oxygens (including phenoxy) is 1. The van der Waals surface area contributed by atoms with Gasteiger partial charge in [-0.15, -0.1) is 0 Å². The lowest BCUT2D eigenvalue weighted by atomic mass is 10.0. The van der Waals surface area contributed by atoms with Gasteiger partial charge >= 0.3 is 6.61 Å². The molecular formula is C18H19F2NO2. The molecule has 23 heavy (non-hydrogen) atoms. The monoisotopic (exact) mass is 319 g/mol. The summed E-state index contributed by atoms with van der Waals surface area (Å²) in [6, 6.07) is 13.3. The molecule has 0 aliphatic rings. The van der Waals surface area contributed by atoms with E-state index >= 15 is 0 Å². The Kier molecular flexibility index (Phi) is 5.68. The molecule has 0 unspecified atom stereocenters. The standard InChI is InChI=1S/C18H19F2NO2/c1-3-15(14-10-6-7-11-16(14)23-18(19)20)21-17(22)13-9-5-4-8-12(13)2/h4-11,15,18H,3H2,1-2H3,(H,21,22)/t15-/m1/s1. The summed E-state index contributed by atoms with van der Waals surface area (Å²) in [5.41, 5.74) is 1.97. The summed E-state index contributed by atoms with van der Waals surface area (Å²) in [6.07, 6.45) is 0.557. The van der Waals surface area contributed by atoms with Crippen LogP contribution in [0.1, 0.15) is 40.9 Å². The highest BCUT2D eigenvalue weighted by molar-refractivity contribution is 5.95. The van der Waals surface area contributed by atoms with E-state index in [1.165, 1.54) is 6.07 Å². The number of halogens is 2. The SMILES string of the molecule is CC[C@@H](NC(=O)c1ccccc1C)c1ccccc1OC(F)F. The molecule has 1 N–H and O–H groups in total. The van der Waals surface area contributed by atoms with E-state index in [1.807, 2.05) is 26.0 Å². The van der Waals surface area contributed by atoms with Crippen molar-refractivity contribution in [2.45, 2.75) is 32.9 Å². The molecule has 0 fully saturated rings. The first-order chi connectivity index (χ1) is 11.0. The number of carbonyl (C=O) groups excluding carboxylic acids is 1. The smallest absolute Gasteiger partial charge is 0.387 e. The van der Waals surface area contributed by atoms with E-state index in [4.69, 9.17) is 0 Å². The molecule has 0 aliphatic heterocycles. The van der Waals surface area contributed by atoms with E-state index < -0.39 is 12.7 Å². The first-order valence-electron chi connectivity index (χ1n) is 7.43. The van der Waals surface area contributed by atoms with Gasteiger partial charge in [0.15, 0.2) is 0 Å². The van der Waals surface area contributed by atoms with E-state index in [-0.39, 0.29) is 11.7 Å². The Labute approximate surface area is 134 Å². The first-order valence-corrected chi connectivity index (χ1v) is 7.43. The maximum atomic E-state index is 12.5. The van der Waals surface area contributed by atoms with Crippen molar-refractivity contribution >= 4 is 5.91 Å². The van der Waals surface area contributed by atoms with Gasteiger partial charge in [0.1, 0.15) is 5.75 Å². The van der Waals surface area contributed by atoms with E-state index in [1.54, 1.807) is 30.3 Å². The second-order valence-corrected chi connectivity index (χ2v) is 5.17. The summed E-state index contributed by atoms with van der Waals surface area (Å²) >= 11 is 0. The number of amides is 1. The molecule has 0 aromatic heterocycles. The summed E-state index contributed by atoms with van der Waals surface area (Å²) in [4.78, 5) is 12.4. The van der Waals surface area contributed by atoms with Crippen molar-refractivity contribution in [3.8, 4) is 5.75 Å². The molecule has 1 atom stereocenters. The minimum Gasteiger partial charge on any atom is -0.434 e. The summed E-state index contributed by atoms with van der Waals surface area (Å²) in [5, 5.41) is 2.89. The average molecular weight is 319 g/mol. The van der Waals surface area contributed by atoms with Crippen LogP contribution in [0.3, 0.4) is 0 Å². The number of benzene rings is 2. The fraction of sp³-hybridized carbons (Fsp3) is 0.278. The normalized spacial score (nSPS) is 12.0. The molecule has 2 aromatic rings. The predicted molar refractivity (Wildman–Crippen MR) is 84.8 cm³/mol. The minimum absolute atomic E-state index is 0.0828. The third-order valence-corrected chi connectivity index (χ3v) is 3.61. The topological polar surface area (TPSA) is 38.3 Å². The zero-order valence-corrected chi connectivity index (χ0v) is 13.1. The lowest BCUT2D eigenvalue weighted by molar-refractivity contribution is -0.0506. The highest BCUT2D eigenvalue weighted by Crippen LogP contribution is 2.28. The van der Waals surface area contributed by atoms with Gasteiger partial charge in [-0.3, -0.25) is 4.79 Å². The van der Waals surface area contributed by atoms with Gasteiger partial charge in [-0.05, 0) is 31.0 Å². The molecule has 0 bridgehead atoms. The van der Waals surface area contributed by atoms with E-state index in [9.17, 15) is 13.6 Å². The molecule has 0 saturated heterocycles. The first kappa shape index (κ1) is 16.9. The molecule has 2 aromatic carbocycles. The molecule has 0 heterocycles. The maximum Gasteiger partial charge on any atom is 0.387 e. The van der Waals surface area contributed by atoms with Crippen LogP contribution in [-0.2, 0) is 0 Å². The summed E-state index contributed by atoms with van der Waals surface area (Å²) in [7, 11) is 0. The molecule has 5 heteroatoms. The number of hydrogen-bond donors (Lipinski definition) is 1. The Bertz CT molecular complexity index is 674. The highest BCUT2D eigenvalue weighted by Gasteiger charge is 2.20. The molecule has 0 radical (unpaired) electrons. The van der Waals surface area contributed by atoms with Gasteiger partial charge in [0, 0.05) is 11.1 Å². The van der Waals surface area contributed by atoms with Gasteiger partial charge in [-0.2, -0.15) is 8.78 Å². The Hall–Kier alpha value is -2.43. The van der Waals surface area contributed by atoms with Crippen LogP contribution < -0.4 is 10.1 Å². The number of nitrogens with one attached hydrogen (secondary N) is 1. The number of aryl methyl sites for hydroxylation is 1. The molecule has 0 spiro atoms. The zero-order valence-electron chi connectivity index (χ0n) is 13.1. The van der Waals surface area contributed by atoms with Crippen molar-refractivity contribution in [3.05, 3.63) is 65.2 Å². The predicted octanol–water partition coefficient (Wildman–Crippen LogP) is 4.48. The van der Waals surface area contributed by atoms with E-state index in [0.717, 1.165) is 5.56 Å². The molecule has 122 valence electrons. The number of hydrogen-bond acceptors (Lipinski definition) is 2. The van der Waals surface area contributed by atoms with Crippen LogP contribution in [-0.4, -0.2) is 12.5 Å². The van der Waals surface area contributed by atoms with Crippen molar-refractivity contribution in [1.82, 2.24) is 5.32 Å². The second kappa shape index (κ2) is 7.72. The Morgan fingerprint density at radius 1 is 1.13 bits per heavy atom. The van der Waals surface area contributed by atoms with Crippen LogP contribution >= 0.6 is 0 Å². The van der Waals surface area contributed by atoms with Crippen LogP contribution in [0.5, 0.6) is 5.75 Å². The summed E-state index contributed by atoms with van der Waals surface area (Å²) in [5.74, 6) is -0.152. The van der Waals surface area contributed by atoms with Crippen LogP contribution in [0.15, 0.2) is 48.5 Å². The van der Waals surface area contributed by atoms with Gasteiger partial charge in [-0.25, -0.2) is 0 Å². The highest BCUT2D eigenvalue weighted by atomic mass is 19.3. The van der Waals surface area contributed by atoms with Gasteiger partial charge in [0.2, 0.25) is 0 Å². The van der Waals surface area contributed by atoms with Crippen LogP contribution in [0.4, 0.5) is 8.78 Å². The number of alkyl halides is 2. The van der Waals surface area contributed by atoms with Crippen LogP contribution in [0.25, 0.3) is 0 Å². The molecule has 3 nitrogen and oxygen atoms in total. The van der Waals surface area contributed by atoms with Gasteiger partial charge in [0.05, 0.1) is 6.04 Å². The van der Waals surface area contributed by atoms with E-state index in [0.29, 0.717) is 17.5 Å². The van der Waals surface area contributed by atoms with Crippen molar-refractivity contribution in [2.24, 2.45) is 0 Å². The van der Waals surface area contributed by atoms with Crippen LogP contribution in [0.2, 0.25) is 0 Å². The van der Waals surface area contributed by atoms with Crippen molar-refractivity contribution < 1.29 is 18.3 Å². The summed E-state index contributed by atoms with van der Waals surface area (Å²) < 4.78 is 29.6. The molecule has 1 amide bonds. The Balaban J connectivity index is 2.24. The van der Waals surface area contributed by atoms with Gasteiger partial charge in [0.25, 0.3) is 5.91 Å². The molecule has 2 rings (SSSR count). The largest absolute Gasteiger partial charge is 0.434 e. The number of rotatable bonds is 6. The fourth-order valence-corrected chi connectivity index (χ4v) is 2.44. The van der Waals surface area contributed by atoms with Crippen molar-refractivity contribution in [3.63, 3.8) is 0 Å². The number of carbonyl (C=O) groups is 1. The fourth-order valence-electron chi connectivity index (χ4n) is 2.44. The molecule has 0 saturated carbocycles. The average Bonchev–Trinajstić information content (AvgIpc) is 2.53. The third kappa shape index (κ3) is 4.28. The second-order valence-electron chi connectivity index (χ2n) is 5.17. The maximum absolute atomic E-state index is 12.5. The number of para-hydroxylation sites is 1. The van der Waals surface area contributed by atoms with E-state index in [2.05, 4.69) is 10.1 Å². The van der Waals surface area contributed by atoms with Crippen molar-refractivity contribution in [1.29, 1.82) is 0 Å². The van der Waals surface area contributed by atoms with Crippen molar-refractivity contribution in [2.75, 3.05) is 0 Å².